The molecule has 0 spiro atoms. The summed E-state index contributed by atoms with van der Waals surface area (Å²) >= 11 is 1.25. The molecule has 0 saturated heterocycles. The molecule has 0 saturated carbocycles. The van der Waals surface area contributed by atoms with Gasteiger partial charge in [-0.05, 0) is 23.8 Å². The van der Waals surface area contributed by atoms with Gasteiger partial charge in [0.05, 0.1) is 5.69 Å². The third-order valence-electron chi connectivity index (χ3n) is 2.80. The summed E-state index contributed by atoms with van der Waals surface area (Å²) in [6.07, 6.45) is 3.52. The van der Waals surface area contributed by atoms with E-state index in [1.165, 1.54) is 16.7 Å². The van der Waals surface area contributed by atoms with Crippen LogP contribution in [0.3, 0.4) is 0 Å². The van der Waals surface area contributed by atoms with E-state index in [9.17, 15) is 9.59 Å². The number of carbonyl (C=O) groups is 2. The number of fused-ring (bicyclic) bond motifs is 1. The van der Waals surface area contributed by atoms with Crippen LogP contribution < -0.4 is 10.1 Å². The smallest absolute Gasteiger partial charge is 0.355 e. The molecule has 0 atom stereocenters. The quantitative estimate of drug-likeness (QED) is 0.908. The largest absolute Gasteiger partial charge is 0.482 e. The SMILES string of the molecule is O=C1COc2ccc(/C=C/c3nc(C(=O)O)cs3)cc2N1. The van der Waals surface area contributed by atoms with Crippen molar-refractivity contribution in [1.82, 2.24) is 4.98 Å². The molecule has 1 aromatic carbocycles. The summed E-state index contributed by atoms with van der Waals surface area (Å²) in [5, 5.41) is 13.6. The Balaban J connectivity index is 1.81. The van der Waals surface area contributed by atoms with Crippen LogP contribution in [0.2, 0.25) is 0 Å². The number of aromatic nitrogens is 1. The molecule has 3 rings (SSSR count). The first-order valence-corrected chi connectivity index (χ1v) is 6.93. The number of nitrogens with zero attached hydrogens (tertiary/aromatic N) is 1. The lowest BCUT2D eigenvalue weighted by atomic mass is 10.1. The Morgan fingerprint density at radius 2 is 2.29 bits per heavy atom. The Labute approximate surface area is 123 Å². The van der Waals surface area contributed by atoms with Gasteiger partial charge < -0.3 is 15.2 Å². The maximum atomic E-state index is 11.3. The van der Waals surface area contributed by atoms with Crippen molar-refractivity contribution in [2.75, 3.05) is 11.9 Å². The van der Waals surface area contributed by atoms with Crippen molar-refractivity contribution < 1.29 is 19.4 Å². The Morgan fingerprint density at radius 1 is 1.43 bits per heavy atom. The summed E-state index contributed by atoms with van der Waals surface area (Å²) < 4.78 is 5.27. The van der Waals surface area contributed by atoms with Crippen LogP contribution in [0.25, 0.3) is 12.2 Å². The predicted octanol–water partition coefficient (Wildman–Crippen LogP) is 2.34. The van der Waals surface area contributed by atoms with Crippen LogP contribution in [-0.2, 0) is 4.79 Å². The molecule has 1 aliphatic heterocycles. The van der Waals surface area contributed by atoms with Crippen LogP contribution in [0.15, 0.2) is 23.6 Å². The van der Waals surface area contributed by atoms with Gasteiger partial charge in [0.25, 0.3) is 5.91 Å². The van der Waals surface area contributed by atoms with Crippen LogP contribution in [0.4, 0.5) is 5.69 Å². The average molecular weight is 302 g/mol. The average Bonchev–Trinajstić information content (AvgIpc) is 2.93. The number of carboxylic acid groups (broad SMARTS) is 1. The van der Waals surface area contributed by atoms with Gasteiger partial charge in [0, 0.05) is 5.38 Å². The first-order chi connectivity index (χ1) is 10.1. The van der Waals surface area contributed by atoms with E-state index in [2.05, 4.69) is 10.3 Å². The lowest BCUT2D eigenvalue weighted by Gasteiger charge is -2.17. The molecule has 2 heterocycles. The molecular formula is C14H10N2O4S. The molecule has 0 fully saturated rings. The van der Waals surface area contributed by atoms with Gasteiger partial charge >= 0.3 is 5.97 Å². The third kappa shape index (κ3) is 2.92. The first-order valence-electron chi connectivity index (χ1n) is 6.05. The molecule has 106 valence electrons. The van der Waals surface area contributed by atoms with Crippen molar-refractivity contribution in [2.45, 2.75) is 0 Å². The second kappa shape index (κ2) is 5.37. The number of benzene rings is 1. The van der Waals surface area contributed by atoms with E-state index in [1.807, 2.05) is 6.07 Å². The minimum atomic E-state index is -1.04. The van der Waals surface area contributed by atoms with E-state index in [1.54, 1.807) is 24.3 Å². The number of amides is 1. The summed E-state index contributed by atoms with van der Waals surface area (Å²) in [4.78, 5) is 26.0. The number of carbonyl (C=O) groups excluding carboxylic acids is 1. The second-order valence-corrected chi connectivity index (χ2v) is 5.19. The van der Waals surface area contributed by atoms with E-state index >= 15 is 0 Å². The van der Waals surface area contributed by atoms with Gasteiger partial charge in [-0.15, -0.1) is 11.3 Å². The van der Waals surface area contributed by atoms with Gasteiger partial charge in [0.2, 0.25) is 0 Å². The zero-order valence-corrected chi connectivity index (χ0v) is 11.5. The standard InChI is InChI=1S/C14H10N2O4S/c17-12-6-20-11-3-1-8(5-9(11)15-12)2-4-13-16-10(7-21-13)14(18)19/h1-5,7H,6H2,(H,15,17)(H,18,19)/b4-2+. The van der Waals surface area contributed by atoms with Crippen LogP contribution in [-0.4, -0.2) is 28.6 Å². The first kappa shape index (κ1) is 13.3. The number of carboxylic acids is 1. The van der Waals surface area contributed by atoms with Gasteiger partial charge in [-0.3, -0.25) is 4.79 Å². The summed E-state index contributed by atoms with van der Waals surface area (Å²) in [5.41, 5.74) is 1.51. The molecule has 2 aromatic rings. The highest BCUT2D eigenvalue weighted by Crippen LogP contribution is 2.29. The molecule has 21 heavy (non-hydrogen) atoms. The van der Waals surface area contributed by atoms with Crippen molar-refractivity contribution in [1.29, 1.82) is 0 Å². The molecular weight excluding hydrogens is 292 g/mol. The fraction of sp³-hybridized carbons (Fsp3) is 0.0714. The predicted molar refractivity (Wildman–Crippen MR) is 78.6 cm³/mol. The van der Waals surface area contributed by atoms with Crippen molar-refractivity contribution in [3.8, 4) is 5.75 Å². The van der Waals surface area contributed by atoms with Gasteiger partial charge in [0.1, 0.15) is 10.8 Å². The molecule has 1 aliphatic rings. The molecule has 0 aliphatic carbocycles. The summed E-state index contributed by atoms with van der Waals surface area (Å²) in [6, 6.07) is 5.41. The number of hydrogen-bond acceptors (Lipinski definition) is 5. The molecule has 0 radical (unpaired) electrons. The van der Waals surface area contributed by atoms with Gasteiger partial charge in [0.15, 0.2) is 12.3 Å². The molecule has 7 heteroatoms. The van der Waals surface area contributed by atoms with Crippen LogP contribution >= 0.6 is 11.3 Å². The lowest BCUT2D eigenvalue weighted by Crippen LogP contribution is -2.25. The van der Waals surface area contributed by atoms with Gasteiger partial charge in [-0.25, -0.2) is 9.78 Å². The Hall–Kier alpha value is -2.67. The Bertz CT molecular complexity index is 751. The normalized spacial score (nSPS) is 13.6. The summed E-state index contributed by atoms with van der Waals surface area (Å²) in [7, 11) is 0. The highest BCUT2D eigenvalue weighted by Gasteiger charge is 2.15. The van der Waals surface area contributed by atoms with Crippen LogP contribution in [0.1, 0.15) is 21.1 Å². The number of anilines is 1. The second-order valence-electron chi connectivity index (χ2n) is 4.30. The number of hydrogen-bond donors (Lipinski definition) is 2. The number of nitrogens with one attached hydrogen (secondary N) is 1. The lowest BCUT2D eigenvalue weighted by molar-refractivity contribution is -0.118. The molecule has 0 unspecified atom stereocenters. The maximum absolute atomic E-state index is 11.3. The van der Waals surface area contributed by atoms with E-state index in [4.69, 9.17) is 9.84 Å². The summed E-state index contributed by atoms with van der Waals surface area (Å²) in [6.45, 7) is 0.0271. The molecule has 1 aromatic heterocycles. The van der Waals surface area contributed by atoms with Crippen molar-refractivity contribution in [2.24, 2.45) is 0 Å². The maximum Gasteiger partial charge on any atom is 0.355 e. The molecule has 1 amide bonds. The van der Waals surface area contributed by atoms with Gasteiger partial charge in [-0.1, -0.05) is 12.1 Å². The third-order valence-corrected chi connectivity index (χ3v) is 3.61. The minimum Gasteiger partial charge on any atom is -0.482 e. The molecule has 0 bridgehead atoms. The zero-order valence-electron chi connectivity index (χ0n) is 10.7. The van der Waals surface area contributed by atoms with Crippen LogP contribution in [0, 0.1) is 0 Å². The highest BCUT2D eigenvalue weighted by atomic mass is 32.1. The number of thiazole rings is 1. The van der Waals surface area contributed by atoms with Gasteiger partial charge in [-0.2, -0.15) is 0 Å². The van der Waals surface area contributed by atoms with E-state index in [-0.39, 0.29) is 18.2 Å². The highest BCUT2D eigenvalue weighted by molar-refractivity contribution is 7.10. The molecule has 2 N–H and O–H groups in total. The van der Waals surface area contributed by atoms with Crippen molar-refractivity contribution in [3.05, 3.63) is 39.8 Å². The van der Waals surface area contributed by atoms with Crippen LogP contribution in [0.5, 0.6) is 5.75 Å². The number of rotatable bonds is 3. The van der Waals surface area contributed by atoms with Crippen molar-refractivity contribution in [3.63, 3.8) is 0 Å². The van der Waals surface area contributed by atoms with E-state index < -0.39 is 5.97 Å². The number of aromatic carboxylic acids is 1. The molecule has 6 nitrogen and oxygen atoms in total. The monoisotopic (exact) mass is 302 g/mol. The number of ether oxygens (including phenoxy) is 1. The van der Waals surface area contributed by atoms with E-state index in [0.29, 0.717) is 16.4 Å². The fourth-order valence-corrected chi connectivity index (χ4v) is 2.52. The Kier molecular flexibility index (Phi) is 3.41. The Morgan fingerprint density at radius 3 is 3.05 bits per heavy atom. The van der Waals surface area contributed by atoms with Crippen molar-refractivity contribution >= 4 is 41.1 Å². The fourth-order valence-electron chi connectivity index (χ4n) is 1.83. The topological polar surface area (TPSA) is 88.5 Å². The van der Waals surface area contributed by atoms with E-state index in [0.717, 1.165) is 5.56 Å². The summed E-state index contributed by atoms with van der Waals surface area (Å²) in [5.74, 6) is -0.594. The zero-order chi connectivity index (χ0) is 14.8. The minimum absolute atomic E-state index is 0.0271.